The van der Waals surface area contributed by atoms with Gasteiger partial charge >= 0.3 is 0 Å². The average molecular weight is 180 g/mol. The molecule has 1 rings (SSSR count). The molecule has 4 heteroatoms. The van der Waals surface area contributed by atoms with Crippen molar-refractivity contribution in [3.8, 4) is 5.88 Å². The zero-order valence-corrected chi connectivity index (χ0v) is 7.49. The summed E-state index contributed by atoms with van der Waals surface area (Å²) >= 11 is 0. The molecule has 0 unspecified atom stereocenters. The Morgan fingerprint density at radius 3 is 2.85 bits per heavy atom. The van der Waals surface area contributed by atoms with Crippen LogP contribution in [0.15, 0.2) is 18.3 Å². The number of hydrogen-bond acceptors (Lipinski definition) is 3. The first kappa shape index (κ1) is 9.51. The van der Waals surface area contributed by atoms with Crippen LogP contribution in [0.5, 0.6) is 5.88 Å². The van der Waals surface area contributed by atoms with E-state index in [9.17, 15) is 4.79 Å². The monoisotopic (exact) mass is 180 g/mol. The van der Waals surface area contributed by atoms with E-state index < -0.39 is 5.91 Å². The molecule has 0 radical (unpaired) electrons. The molecule has 13 heavy (non-hydrogen) atoms. The van der Waals surface area contributed by atoms with Crippen molar-refractivity contribution < 1.29 is 9.53 Å². The van der Waals surface area contributed by atoms with E-state index in [1.165, 1.54) is 6.20 Å². The molecule has 0 saturated heterocycles. The third kappa shape index (κ3) is 2.74. The quantitative estimate of drug-likeness (QED) is 0.750. The van der Waals surface area contributed by atoms with Gasteiger partial charge in [0, 0.05) is 12.3 Å². The van der Waals surface area contributed by atoms with Crippen LogP contribution in [0, 0.1) is 0 Å². The minimum atomic E-state index is -0.477. The van der Waals surface area contributed by atoms with Crippen molar-refractivity contribution in [2.24, 2.45) is 5.73 Å². The molecule has 1 aromatic rings. The lowest BCUT2D eigenvalue weighted by Gasteiger charge is -2.02. The first-order valence-corrected chi connectivity index (χ1v) is 4.12. The first-order chi connectivity index (χ1) is 6.24. The molecule has 1 aromatic heterocycles. The predicted molar refractivity (Wildman–Crippen MR) is 48.5 cm³/mol. The molecule has 0 saturated carbocycles. The summed E-state index contributed by atoms with van der Waals surface area (Å²) < 4.78 is 5.23. The highest BCUT2D eigenvalue weighted by Crippen LogP contribution is 2.06. The topological polar surface area (TPSA) is 65.2 Å². The molecule has 4 nitrogen and oxygen atoms in total. The maximum Gasteiger partial charge on any atom is 0.250 e. The van der Waals surface area contributed by atoms with Gasteiger partial charge in [-0.1, -0.05) is 6.92 Å². The fraction of sp³-hybridized carbons (Fsp3) is 0.333. The fourth-order valence-corrected chi connectivity index (χ4v) is 0.818. The van der Waals surface area contributed by atoms with E-state index in [4.69, 9.17) is 10.5 Å². The Hall–Kier alpha value is -1.58. The largest absolute Gasteiger partial charge is 0.478 e. The molecule has 1 heterocycles. The lowest BCUT2D eigenvalue weighted by atomic mass is 10.3. The molecule has 0 atom stereocenters. The fourth-order valence-electron chi connectivity index (χ4n) is 0.818. The van der Waals surface area contributed by atoms with Crippen LogP contribution in [-0.4, -0.2) is 17.5 Å². The number of rotatable bonds is 4. The molecule has 0 aromatic carbocycles. The summed E-state index contributed by atoms with van der Waals surface area (Å²) in [6.07, 6.45) is 2.34. The molecule has 1 amide bonds. The van der Waals surface area contributed by atoms with Crippen molar-refractivity contribution in [1.82, 2.24) is 4.98 Å². The number of aromatic nitrogens is 1. The number of hydrogen-bond donors (Lipinski definition) is 1. The van der Waals surface area contributed by atoms with Gasteiger partial charge in [-0.25, -0.2) is 4.98 Å². The number of amides is 1. The normalized spacial score (nSPS) is 9.62. The Labute approximate surface area is 76.7 Å². The van der Waals surface area contributed by atoms with Crippen LogP contribution >= 0.6 is 0 Å². The van der Waals surface area contributed by atoms with Crippen molar-refractivity contribution in [2.45, 2.75) is 13.3 Å². The molecule has 0 bridgehead atoms. The molecule has 0 aliphatic carbocycles. The van der Waals surface area contributed by atoms with E-state index in [-0.39, 0.29) is 0 Å². The molecule has 0 aliphatic heterocycles. The standard InChI is InChI=1S/C9H12N2O2/c1-2-5-13-8-4-3-7(6-11-8)9(10)12/h3-4,6H,2,5H2,1H3,(H2,10,12). The maximum absolute atomic E-state index is 10.7. The van der Waals surface area contributed by atoms with Crippen LogP contribution in [0.2, 0.25) is 0 Å². The van der Waals surface area contributed by atoms with Crippen LogP contribution in [0.3, 0.4) is 0 Å². The summed E-state index contributed by atoms with van der Waals surface area (Å²) in [5.41, 5.74) is 5.44. The predicted octanol–water partition coefficient (Wildman–Crippen LogP) is 0.969. The zero-order chi connectivity index (χ0) is 9.68. The van der Waals surface area contributed by atoms with Gasteiger partial charge in [-0.05, 0) is 12.5 Å². The van der Waals surface area contributed by atoms with Crippen LogP contribution < -0.4 is 10.5 Å². The van der Waals surface area contributed by atoms with Crippen LogP contribution in [-0.2, 0) is 0 Å². The number of pyridine rings is 1. The van der Waals surface area contributed by atoms with Gasteiger partial charge < -0.3 is 10.5 Å². The average Bonchev–Trinajstić information content (AvgIpc) is 2.15. The number of nitrogens with zero attached hydrogens (tertiary/aromatic N) is 1. The van der Waals surface area contributed by atoms with E-state index in [2.05, 4.69) is 4.98 Å². The van der Waals surface area contributed by atoms with Crippen molar-refractivity contribution in [2.75, 3.05) is 6.61 Å². The molecule has 0 aliphatic rings. The van der Waals surface area contributed by atoms with Gasteiger partial charge in [0.1, 0.15) is 0 Å². The second-order valence-corrected chi connectivity index (χ2v) is 2.60. The Bertz CT molecular complexity index is 282. The minimum absolute atomic E-state index is 0.392. The van der Waals surface area contributed by atoms with Gasteiger partial charge in [-0.3, -0.25) is 4.79 Å². The van der Waals surface area contributed by atoms with Crippen LogP contribution in [0.1, 0.15) is 23.7 Å². The Balaban J connectivity index is 2.64. The number of carbonyl (C=O) groups excluding carboxylic acids is 1. The maximum atomic E-state index is 10.7. The zero-order valence-electron chi connectivity index (χ0n) is 7.49. The smallest absolute Gasteiger partial charge is 0.250 e. The Morgan fingerprint density at radius 2 is 2.38 bits per heavy atom. The van der Waals surface area contributed by atoms with E-state index in [0.29, 0.717) is 18.1 Å². The van der Waals surface area contributed by atoms with Crippen LogP contribution in [0.25, 0.3) is 0 Å². The summed E-state index contributed by atoms with van der Waals surface area (Å²) in [5, 5.41) is 0. The van der Waals surface area contributed by atoms with E-state index in [1.807, 2.05) is 6.92 Å². The van der Waals surface area contributed by atoms with Crippen molar-refractivity contribution in [1.29, 1.82) is 0 Å². The summed E-state index contributed by atoms with van der Waals surface area (Å²) in [7, 11) is 0. The molecular formula is C9H12N2O2. The highest BCUT2D eigenvalue weighted by atomic mass is 16.5. The van der Waals surface area contributed by atoms with Crippen molar-refractivity contribution in [3.05, 3.63) is 23.9 Å². The molecule has 0 spiro atoms. The Kier molecular flexibility index (Phi) is 3.25. The van der Waals surface area contributed by atoms with Gasteiger partial charge in [-0.2, -0.15) is 0 Å². The van der Waals surface area contributed by atoms with Gasteiger partial charge in [0.25, 0.3) is 0 Å². The number of primary amides is 1. The van der Waals surface area contributed by atoms with Crippen molar-refractivity contribution in [3.63, 3.8) is 0 Å². The second kappa shape index (κ2) is 4.45. The highest BCUT2D eigenvalue weighted by Gasteiger charge is 2.00. The van der Waals surface area contributed by atoms with E-state index in [0.717, 1.165) is 6.42 Å². The van der Waals surface area contributed by atoms with Gasteiger partial charge in [0.05, 0.1) is 12.2 Å². The number of nitrogens with two attached hydrogens (primary N) is 1. The minimum Gasteiger partial charge on any atom is -0.478 e. The molecular weight excluding hydrogens is 168 g/mol. The SMILES string of the molecule is CCCOc1ccc(C(N)=O)cn1. The summed E-state index contributed by atoms with van der Waals surface area (Å²) in [4.78, 5) is 14.6. The molecule has 0 fully saturated rings. The van der Waals surface area contributed by atoms with Crippen molar-refractivity contribution >= 4 is 5.91 Å². The molecule has 2 N–H and O–H groups in total. The van der Waals surface area contributed by atoms with Gasteiger partial charge in [0.15, 0.2) is 0 Å². The lowest BCUT2D eigenvalue weighted by Crippen LogP contribution is -2.11. The number of carbonyl (C=O) groups is 1. The third-order valence-electron chi connectivity index (χ3n) is 1.47. The highest BCUT2D eigenvalue weighted by molar-refractivity contribution is 5.92. The third-order valence-corrected chi connectivity index (χ3v) is 1.47. The van der Waals surface area contributed by atoms with Gasteiger partial charge in [0.2, 0.25) is 11.8 Å². The van der Waals surface area contributed by atoms with E-state index >= 15 is 0 Å². The van der Waals surface area contributed by atoms with E-state index in [1.54, 1.807) is 12.1 Å². The number of ether oxygens (including phenoxy) is 1. The Morgan fingerprint density at radius 1 is 1.62 bits per heavy atom. The van der Waals surface area contributed by atoms with Gasteiger partial charge in [-0.15, -0.1) is 0 Å². The summed E-state index contributed by atoms with van der Waals surface area (Å²) in [5.74, 6) is 0.0430. The first-order valence-electron chi connectivity index (χ1n) is 4.12. The van der Waals surface area contributed by atoms with Crippen LogP contribution in [0.4, 0.5) is 0 Å². The lowest BCUT2D eigenvalue weighted by molar-refractivity contribution is 0.1000. The summed E-state index contributed by atoms with van der Waals surface area (Å²) in [6.45, 7) is 2.64. The summed E-state index contributed by atoms with van der Waals surface area (Å²) in [6, 6.07) is 3.23. The second-order valence-electron chi connectivity index (χ2n) is 2.60. The molecule has 70 valence electrons.